The normalized spacial score (nSPS) is 10.2. The van der Waals surface area contributed by atoms with Gasteiger partial charge in [-0.2, -0.15) is 0 Å². The quantitative estimate of drug-likeness (QED) is 0.610. The van der Waals surface area contributed by atoms with Crippen LogP contribution in [0.15, 0.2) is 39.5 Å². The van der Waals surface area contributed by atoms with Crippen molar-refractivity contribution in [2.24, 2.45) is 0 Å². The van der Waals surface area contributed by atoms with Gasteiger partial charge in [0.25, 0.3) is 0 Å². The second-order valence-corrected chi connectivity index (χ2v) is 2.59. The third-order valence-corrected chi connectivity index (χ3v) is 1.75. The molecular formula is C10H5O3. The van der Waals surface area contributed by atoms with E-state index in [-0.39, 0.29) is 5.56 Å². The number of hydrogen-bond acceptors (Lipinski definition) is 3. The molecule has 3 heteroatoms. The van der Waals surface area contributed by atoms with Crippen molar-refractivity contribution in [2.75, 3.05) is 0 Å². The van der Waals surface area contributed by atoms with E-state index in [1.165, 1.54) is 12.4 Å². The van der Waals surface area contributed by atoms with Crippen molar-refractivity contribution in [3.05, 3.63) is 46.3 Å². The fourth-order valence-electron chi connectivity index (χ4n) is 1.13. The van der Waals surface area contributed by atoms with E-state index < -0.39 is 5.63 Å². The Morgan fingerprint density at radius 1 is 1.23 bits per heavy atom. The molecule has 13 heavy (non-hydrogen) atoms. The van der Waals surface area contributed by atoms with Crippen molar-refractivity contribution in [1.29, 1.82) is 0 Å². The number of benzene rings is 1. The van der Waals surface area contributed by atoms with Crippen molar-refractivity contribution in [3.63, 3.8) is 0 Å². The summed E-state index contributed by atoms with van der Waals surface area (Å²) in [5.74, 6) is 0. The largest absolute Gasteiger partial charge is 0.422 e. The number of hydrogen-bond donors (Lipinski definition) is 0. The topological polar surface area (TPSA) is 47.3 Å². The molecule has 0 atom stereocenters. The molecule has 1 radical (unpaired) electrons. The highest BCUT2D eigenvalue weighted by molar-refractivity contribution is 5.84. The summed E-state index contributed by atoms with van der Waals surface area (Å²) in [6.07, 6.45) is 1.53. The first-order valence-corrected chi connectivity index (χ1v) is 3.72. The second-order valence-electron chi connectivity index (χ2n) is 2.59. The molecule has 1 aromatic carbocycles. The molecule has 0 N–H and O–H groups in total. The van der Waals surface area contributed by atoms with Crippen molar-refractivity contribution >= 4 is 17.3 Å². The molecular weight excluding hydrogens is 168 g/mol. The molecule has 0 saturated heterocycles. The van der Waals surface area contributed by atoms with E-state index in [0.29, 0.717) is 5.58 Å². The Morgan fingerprint density at radius 3 is 2.77 bits per heavy atom. The zero-order valence-electron chi connectivity index (χ0n) is 6.61. The molecule has 1 aromatic heterocycles. The summed E-state index contributed by atoms with van der Waals surface area (Å²) in [6.45, 7) is 0. The molecule has 1 heterocycles. The van der Waals surface area contributed by atoms with Gasteiger partial charge in [0.1, 0.15) is 11.1 Å². The van der Waals surface area contributed by atoms with Gasteiger partial charge in [0.2, 0.25) is 6.29 Å². The SMILES string of the molecule is O=[C]c1cc2ccccc2oc1=O. The van der Waals surface area contributed by atoms with Crippen molar-refractivity contribution in [1.82, 2.24) is 0 Å². The van der Waals surface area contributed by atoms with Crippen molar-refractivity contribution in [2.45, 2.75) is 0 Å². The summed E-state index contributed by atoms with van der Waals surface area (Å²) in [7, 11) is 0. The van der Waals surface area contributed by atoms with Gasteiger partial charge in [-0.05, 0) is 12.1 Å². The van der Waals surface area contributed by atoms with Crippen LogP contribution in [-0.4, -0.2) is 6.29 Å². The summed E-state index contributed by atoms with van der Waals surface area (Å²) in [4.78, 5) is 21.3. The summed E-state index contributed by atoms with van der Waals surface area (Å²) >= 11 is 0. The monoisotopic (exact) mass is 173 g/mol. The Balaban J connectivity index is 2.89. The lowest BCUT2D eigenvalue weighted by Gasteiger charge is -1.94. The van der Waals surface area contributed by atoms with Crippen LogP contribution < -0.4 is 5.63 Å². The van der Waals surface area contributed by atoms with Crippen LogP contribution in [0.5, 0.6) is 0 Å². The molecule has 0 spiro atoms. The van der Waals surface area contributed by atoms with Crippen LogP contribution in [0.2, 0.25) is 0 Å². The highest BCUT2D eigenvalue weighted by atomic mass is 16.4. The maximum atomic E-state index is 11.0. The van der Waals surface area contributed by atoms with Crippen molar-refractivity contribution in [3.8, 4) is 0 Å². The minimum atomic E-state index is -0.645. The third kappa shape index (κ3) is 1.24. The molecule has 0 bridgehead atoms. The Kier molecular flexibility index (Phi) is 1.70. The average Bonchev–Trinajstić information content (AvgIpc) is 2.17. The fourth-order valence-corrected chi connectivity index (χ4v) is 1.13. The molecule has 2 aromatic rings. The number of fused-ring (bicyclic) bond motifs is 1. The van der Waals surface area contributed by atoms with Gasteiger partial charge in [0.15, 0.2) is 0 Å². The molecule has 3 nitrogen and oxygen atoms in total. The molecule has 0 aliphatic carbocycles. The highest BCUT2D eigenvalue weighted by Crippen LogP contribution is 2.11. The summed E-state index contributed by atoms with van der Waals surface area (Å²) in [5, 5.41) is 0.723. The Hall–Kier alpha value is -1.90. The maximum absolute atomic E-state index is 11.0. The zero-order valence-corrected chi connectivity index (χ0v) is 6.61. The smallest absolute Gasteiger partial charge is 0.347 e. The lowest BCUT2D eigenvalue weighted by molar-refractivity contribution is 0.543. The summed E-state index contributed by atoms with van der Waals surface area (Å²) < 4.78 is 4.87. The Bertz CT molecular complexity index is 511. The maximum Gasteiger partial charge on any atom is 0.347 e. The number of carbonyl (C=O) groups excluding carboxylic acids is 1. The molecule has 0 aliphatic rings. The van der Waals surface area contributed by atoms with Crippen LogP contribution in [0.4, 0.5) is 0 Å². The number of rotatable bonds is 1. The molecule has 0 saturated carbocycles. The van der Waals surface area contributed by atoms with Crippen LogP contribution in [-0.2, 0) is 4.79 Å². The van der Waals surface area contributed by atoms with Gasteiger partial charge >= 0.3 is 5.63 Å². The Morgan fingerprint density at radius 2 is 2.00 bits per heavy atom. The van der Waals surface area contributed by atoms with Crippen LogP contribution in [0.3, 0.4) is 0 Å². The lowest BCUT2D eigenvalue weighted by Crippen LogP contribution is -2.05. The van der Waals surface area contributed by atoms with Crippen LogP contribution >= 0.6 is 0 Å². The standard InChI is InChI=1S/C10H5O3/c11-6-8-5-7-3-1-2-4-9(7)13-10(8)12/h1-5H. The van der Waals surface area contributed by atoms with E-state index >= 15 is 0 Å². The van der Waals surface area contributed by atoms with E-state index in [1.807, 2.05) is 0 Å². The zero-order chi connectivity index (χ0) is 9.26. The van der Waals surface area contributed by atoms with Crippen LogP contribution in [0, 0.1) is 0 Å². The first kappa shape index (κ1) is 7.73. The van der Waals surface area contributed by atoms with Crippen molar-refractivity contribution < 1.29 is 9.21 Å². The summed E-state index contributed by atoms with van der Waals surface area (Å²) in [5.41, 5.74) is -0.237. The molecule has 0 aliphatic heterocycles. The van der Waals surface area contributed by atoms with Gasteiger partial charge in [-0.1, -0.05) is 18.2 Å². The molecule has 2 rings (SSSR count). The second kappa shape index (κ2) is 2.86. The minimum Gasteiger partial charge on any atom is -0.422 e. The Labute approximate surface area is 73.6 Å². The van der Waals surface area contributed by atoms with E-state index in [2.05, 4.69) is 0 Å². The first-order valence-electron chi connectivity index (χ1n) is 3.72. The van der Waals surface area contributed by atoms with E-state index in [0.717, 1.165) is 5.39 Å². The van der Waals surface area contributed by atoms with Gasteiger partial charge in [-0.3, -0.25) is 4.79 Å². The van der Waals surface area contributed by atoms with E-state index in [9.17, 15) is 9.59 Å². The van der Waals surface area contributed by atoms with Gasteiger partial charge in [0.05, 0.1) is 0 Å². The molecule has 0 fully saturated rings. The predicted molar refractivity (Wildman–Crippen MR) is 47.3 cm³/mol. The first-order chi connectivity index (χ1) is 6.31. The molecule has 63 valence electrons. The fraction of sp³-hybridized carbons (Fsp3) is 0. The number of para-hydroxylation sites is 1. The average molecular weight is 173 g/mol. The highest BCUT2D eigenvalue weighted by Gasteiger charge is 2.03. The van der Waals surface area contributed by atoms with Gasteiger partial charge in [-0.15, -0.1) is 0 Å². The minimum absolute atomic E-state index is 0.0706. The molecule has 0 unspecified atom stereocenters. The lowest BCUT2D eigenvalue weighted by atomic mass is 10.2. The van der Waals surface area contributed by atoms with Crippen LogP contribution in [0.1, 0.15) is 5.56 Å². The van der Waals surface area contributed by atoms with Gasteiger partial charge < -0.3 is 4.42 Å². The van der Waals surface area contributed by atoms with Crippen LogP contribution in [0.25, 0.3) is 11.0 Å². The summed E-state index contributed by atoms with van der Waals surface area (Å²) in [6, 6.07) is 8.46. The third-order valence-electron chi connectivity index (χ3n) is 1.75. The predicted octanol–water partition coefficient (Wildman–Crippen LogP) is 1.25. The van der Waals surface area contributed by atoms with E-state index in [1.54, 1.807) is 24.3 Å². The van der Waals surface area contributed by atoms with E-state index in [4.69, 9.17) is 4.42 Å². The molecule has 0 amide bonds. The van der Waals surface area contributed by atoms with Gasteiger partial charge in [-0.25, -0.2) is 4.79 Å². The van der Waals surface area contributed by atoms with Gasteiger partial charge in [0, 0.05) is 5.39 Å².